The fourth-order valence-electron chi connectivity index (χ4n) is 3.28. The van der Waals surface area contributed by atoms with Gasteiger partial charge in [-0.3, -0.25) is 4.79 Å². The number of nitrogens with zero attached hydrogens (tertiary/aromatic N) is 1. The number of aromatic nitrogens is 2. The van der Waals surface area contributed by atoms with Crippen LogP contribution in [0.15, 0.2) is 42.5 Å². The van der Waals surface area contributed by atoms with Crippen LogP contribution < -0.4 is 5.32 Å². The number of nitrogens with one attached hydrogen (secondary N) is 2. The first kappa shape index (κ1) is 18.1. The van der Waals surface area contributed by atoms with Crippen LogP contribution in [-0.2, 0) is 20.7 Å². The molecule has 144 valence electrons. The van der Waals surface area contributed by atoms with Crippen LogP contribution in [0.25, 0.3) is 11.0 Å². The van der Waals surface area contributed by atoms with Crippen molar-refractivity contribution < 1.29 is 23.8 Å². The minimum atomic E-state index is -1.06. The number of ether oxygens (including phenoxy) is 1. The summed E-state index contributed by atoms with van der Waals surface area (Å²) >= 11 is 0. The first-order valence-corrected chi connectivity index (χ1v) is 8.91. The Kier molecular flexibility index (Phi) is 4.79. The number of fused-ring (bicyclic) bond motifs is 1. The maximum atomic E-state index is 13.8. The fourth-order valence-corrected chi connectivity index (χ4v) is 3.28. The van der Waals surface area contributed by atoms with E-state index < -0.39 is 18.2 Å². The number of imidazole rings is 1. The van der Waals surface area contributed by atoms with Crippen LogP contribution >= 0.6 is 0 Å². The molecule has 0 aliphatic carbocycles. The third-order valence-corrected chi connectivity index (χ3v) is 4.70. The molecule has 2 atom stereocenters. The van der Waals surface area contributed by atoms with Gasteiger partial charge < -0.3 is 20.1 Å². The predicted molar refractivity (Wildman–Crippen MR) is 99.5 cm³/mol. The molecular formula is C20H18FN3O4. The van der Waals surface area contributed by atoms with E-state index in [0.29, 0.717) is 47.4 Å². The van der Waals surface area contributed by atoms with Crippen LogP contribution in [0.3, 0.4) is 0 Å². The van der Waals surface area contributed by atoms with E-state index in [1.807, 2.05) is 0 Å². The predicted octanol–water partition coefficient (Wildman–Crippen LogP) is 2.86. The van der Waals surface area contributed by atoms with Gasteiger partial charge in [-0.2, -0.15) is 0 Å². The first-order valence-electron chi connectivity index (χ1n) is 8.91. The van der Waals surface area contributed by atoms with E-state index in [9.17, 15) is 14.0 Å². The average molecular weight is 383 g/mol. The zero-order valence-electron chi connectivity index (χ0n) is 14.8. The molecule has 0 saturated carbocycles. The van der Waals surface area contributed by atoms with Crippen molar-refractivity contribution in [3.8, 4) is 0 Å². The molecular weight excluding hydrogens is 365 g/mol. The number of carboxylic acids is 1. The minimum absolute atomic E-state index is 0.285. The number of halogens is 1. The summed E-state index contributed by atoms with van der Waals surface area (Å²) in [5.74, 6) is -1.11. The van der Waals surface area contributed by atoms with Crippen molar-refractivity contribution >= 4 is 28.6 Å². The van der Waals surface area contributed by atoms with E-state index in [4.69, 9.17) is 9.84 Å². The van der Waals surface area contributed by atoms with Crippen LogP contribution in [0.4, 0.5) is 10.1 Å². The molecule has 3 aromatic rings. The molecule has 1 amide bonds. The Morgan fingerprint density at radius 3 is 2.75 bits per heavy atom. The van der Waals surface area contributed by atoms with Gasteiger partial charge in [0.25, 0.3) is 5.91 Å². The van der Waals surface area contributed by atoms with Crippen LogP contribution in [0.5, 0.6) is 0 Å². The van der Waals surface area contributed by atoms with Gasteiger partial charge in [-0.15, -0.1) is 0 Å². The van der Waals surface area contributed by atoms with Gasteiger partial charge in [-0.1, -0.05) is 18.2 Å². The number of H-pyrrole nitrogens is 1. The Labute approximate surface area is 159 Å². The highest BCUT2D eigenvalue weighted by Gasteiger charge is 2.34. The van der Waals surface area contributed by atoms with Crippen LogP contribution in [0.1, 0.15) is 24.2 Å². The molecule has 0 bridgehead atoms. The number of aliphatic carboxylic acids is 1. The molecule has 1 saturated heterocycles. The van der Waals surface area contributed by atoms with E-state index >= 15 is 0 Å². The number of carbonyl (C=O) groups is 2. The lowest BCUT2D eigenvalue weighted by Gasteiger charge is -2.11. The molecule has 1 fully saturated rings. The topological polar surface area (TPSA) is 104 Å². The third kappa shape index (κ3) is 3.72. The summed E-state index contributed by atoms with van der Waals surface area (Å²) in [7, 11) is 0. The molecule has 1 aromatic heterocycles. The van der Waals surface area contributed by atoms with Crippen molar-refractivity contribution in [2.75, 3.05) is 5.32 Å². The summed E-state index contributed by atoms with van der Waals surface area (Å²) in [6, 6.07) is 11.7. The highest BCUT2D eigenvalue weighted by atomic mass is 19.1. The van der Waals surface area contributed by atoms with Crippen molar-refractivity contribution in [3.63, 3.8) is 0 Å². The number of rotatable bonds is 5. The van der Waals surface area contributed by atoms with E-state index in [1.54, 1.807) is 36.4 Å². The molecule has 0 spiro atoms. The lowest BCUT2D eigenvalue weighted by molar-refractivity contribution is -0.150. The minimum Gasteiger partial charge on any atom is -0.479 e. The number of amides is 1. The summed E-state index contributed by atoms with van der Waals surface area (Å²) in [5, 5.41) is 11.7. The summed E-state index contributed by atoms with van der Waals surface area (Å²) in [6.07, 6.45) is -0.717. The highest BCUT2D eigenvalue weighted by Crippen LogP contribution is 2.23. The maximum Gasteiger partial charge on any atom is 0.332 e. The number of carboxylic acid groups (broad SMARTS) is 1. The third-order valence-electron chi connectivity index (χ3n) is 4.70. The molecule has 8 heteroatoms. The monoisotopic (exact) mass is 383 g/mol. The molecule has 7 nitrogen and oxygen atoms in total. The normalized spacial score (nSPS) is 19.0. The SMILES string of the molecule is O=C(Nc1ccc2nc(Cc3ccccc3F)[nH]c2c1)[C@@H]1CC[C@H](C(=O)O)O1. The zero-order valence-corrected chi connectivity index (χ0v) is 14.8. The first-order chi connectivity index (χ1) is 13.5. The van der Waals surface area contributed by atoms with Crippen molar-refractivity contribution in [1.29, 1.82) is 0 Å². The van der Waals surface area contributed by atoms with Crippen molar-refractivity contribution in [1.82, 2.24) is 9.97 Å². The second kappa shape index (κ2) is 7.40. The average Bonchev–Trinajstić information content (AvgIpc) is 3.30. The lowest BCUT2D eigenvalue weighted by atomic mass is 10.1. The molecule has 2 aromatic carbocycles. The van der Waals surface area contributed by atoms with Crippen molar-refractivity contribution in [2.24, 2.45) is 0 Å². The Balaban J connectivity index is 1.47. The van der Waals surface area contributed by atoms with Gasteiger partial charge >= 0.3 is 5.97 Å². The molecule has 1 aliphatic rings. The zero-order chi connectivity index (χ0) is 19.7. The second-order valence-electron chi connectivity index (χ2n) is 6.70. The Morgan fingerprint density at radius 1 is 1.21 bits per heavy atom. The summed E-state index contributed by atoms with van der Waals surface area (Å²) in [5.41, 5.74) is 2.50. The van der Waals surface area contributed by atoms with E-state index in [1.165, 1.54) is 6.07 Å². The number of hydrogen-bond donors (Lipinski definition) is 3. The molecule has 0 unspecified atom stereocenters. The second-order valence-corrected chi connectivity index (χ2v) is 6.70. The van der Waals surface area contributed by atoms with E-state index in [-0.39, 0.29) is 11.7 Å². The number of benzene rings is 2. The Hall–Kier alpha value is -3.26. The molecule has 28 heavy (non-hydrogen) atoms. The summed E-state index contributed by atoms with van der Waals surface area (Å²) in [6.45, 7) is 0. The number of aromatic amines is 1. The van der Waals surface area contributed by atoms with Crippen molar-refractivity contribution in [2.45, 2.75) is 31.5 Å². The van der Waals surface area contributed by atoms with Crippen molar-refractivity contribution in [3.05, 3.63) is 59.7 Å². The highest BCUT2D eigenvalue weighted by molar-refractivity contribution is 5.96. The van der Waals surface area contributed by atoms with Gasteiger partial charge in [0.1, 0.15) is 17.7 Å². The number of hydrogen-bond acceptors (Lipinski definition) is 4. The van der Waals surface area contributed by atoms with E-state index in [2.05, 4.69) is 15.3 Å². The largest absolute Gasteiger partial charge is 0.479 e. The molecule has 1 aliphatic heterocycles. The summed E-state index contributed by atoms with van der Waals surface area (Å²) < 4.78 is 19.1. The Bertz CT molecular complexity index is 1050. The molecule has 3 N–H and O–H groups in total. The number of carbonyl (C=O) groups excluding carboxylic acids is 1. The molecule has 0 radical (unpaired) electrons. The summed E-state index contributed by atoms with van der Waals surface area (Å²) in [4.78, 5) is 30.8. The lowest BCUT2D eigenvalue weighted by Crippen LogP contribution is -2.29. The Morgan fingerprint density at radius 2 is 2.00 bits per heavy atom. The van der Waals surface area contributed by atoms with Gasteiger partial charge in [0.2, 0.25) is 0 Å². The van der Waals surface area contributed by atoms with Gasteiger partial charge in [-0.05, 0) is 42.7 Å². The fraction of sp³-hybridized carbons (Fsp3) is 0.250. The van der Waals surface area contributed by atoms with Crippen LogP contribution in [-0.4, -0.2) is 39.2 Å². The molecule has 4 rings (SSSR count). The standard InChI is InChI=1S/C20H18FN3O4/c21-13-4-2-1-3-11(13)9-18-23-14-6-5-12(10-15(14)24-18)22-19(25)16-7-8-17(28-16)20(26)27/h1-6,10,16-17H,7-9H2,(H,22,25)(H,23,24)(H,26,27)/t16-,17+/m0/s1. The quantitative estimate of drug-likeness (QED) is 0.628. The van der Waals surface area contributed by atoms with Gasteiger partial charge in [0, 0.05) is 12.1 Å². The van der Waals surface area contributed by atoms with E-state index in [0.717, 1.165) is 0 Å². The van der Waals surface area contributed by atoms with Crippen LogP contribution in [0, 0.1) is 5.82 Å². The van der Waals surface area contributed by atoms with Crippen LogP contribution in [0.2, 0.25) is 0 Å². The van der Waals surface area contributed by atoms with Gasteiger partial charge in [-0.25, -0.2) is 14.2 Å². The van der Waals surface area contributed by atoms with Gasteiger partial charge in [0.05, 0.1) is 11.0 Å². The maximum absolute atomic E-state index is 13.8. The van der Waals surface area contributed by atoms with Gasteiger partial charge in [0.15, 0.2) is 6.10 Å². The number of anilines is 1. The smallest absolute Gasteiger partial charge is 0.332 e. The molecule has 2 heterocycles.